The van der Waals surface area contributed by atoms with Crippen molar-refractivity contribution in [2.75, 3.05) is 31.2 Å². The van der Waals surface area contributed by atoms with Crippen LogP contribution in [0.4, 0.5) is 5.82 Å². The van der Waals surface area contributed by atoms with Gasteiger partial charge in [0.05, 0.1) is 18.9 Å². The number of ether oxygens (including phenoxy) is 1. The third kappa shape index (κ3) is 3.44. The number of rotatable bonds is 4. The largest absolute Gasteiger partial charge is 0.397 e. The monoisotopic (exact) mass is 374 g/mol. The summed E-state index contributed by atoms with van der Waals surface area (Å²) < 4.78 is 5.49. The van der Waals surface area contributed by atoms with Crippen molar-refractivity contribution < 1.29 is 4.74 Å². The second-order valence-electron chi connectivity index (χ2n) is 6.72. The summed E-state index contributed by atoms with van der Waals surface area (Å²) in [5, 5.41) is 8.29. The zero-order valence-corrected chi connectivity index (χ0v) is 15.7. The van der Waals surface area contributed by atoms with Gasteiger partial charge in [-0.2, -0.15) is 0 Å². The summed E-state index contributed by atoms with van der Waals surface area (Å²) in [4.78, 5) is 15.9. The minimum absolute atomic E-state index is 0.417. The summed E-state index contributed by atoms with van der Waals surface area (Å²) in [6, 6.07) is 6.16. The molecule has 7 heteroatoms. The van der Waals surface area contributed by atoms with E-state index in [9.17, 15) is 0 Å². The van der Waals surface area contributed by atoms with E-state index < -0.39 is 0 Å². The molecule has 0 amide bonds. The summed E-state index contributed by atoms with van der Waals surface area (Å²) in [6.07, 6.45) is 8.12. The van der Waals surface area contributed by atoms with Gasteiger partial charge in [-0.25, -0.2) is 4.98 Å². The topological polar surface area (TPSA) is 101 Å². The van der Waals surface area contributed by atoms with E-state index in [0.29, 0.717) is 24.6 Å². The smallest absolute Gasteiger partial charge is 0.130 e. The number of nitrogens with zero attached hydrogens (tertiary/aromatic N) is 4. The van der Waals surface area contributed by atoms with Crippen LogP contribution in [0.15, 0.2) is 42.9 Å². The molecule has 0 radical (unpaired) electrons. The molecule has 0 unspecified atom stereocenters. The molecule has 0 aromatic carbocycles. The molecular formula is C21H22N6O. The van der Waals surface area contributed by atoms with Gasteiger partial charge >= 0.3 is 0 Å². The molecule has 0 aliphatic carbocycles. The Balaban J connectivity index is 1.99. The van der Waals surface area contributed by atoms with E-state index in [2.05, 4.69) is 27.0 Å². The first-order chi connectivity index (χ1) is 13.7. The van der Waals surface area contributed by atoms with Gasteiger partial charge in [-0.15, -0.1) is 0 Å². The van der Waals surface area contributed by atoms with Crippen LogP contribution in [-0.2, 0) is 4.74 Å². The molecule has 0 bridgehead atoms. The van der Waals surface area contributed by atoms with Crippen molar-refractivity contribution >= 4 is 28.6 Å². The van der Waals surface area contributed by atoms with E-state index in [1.807, 2.05) is 25.4 Å². The van der Waals surface area contributed by atoms with Crippen LogP contribution in [0.3, 0.4) is 0 Å². The highest BCUT2D eigenvalue weighted by molar-refractivity contribution is 6.01. The van der Waals surface area contributed by atoms with Gasteiger partial charge in [0.2, 0.25) is 0 Å². The first-order valence-corrected chi connectivity index (χ1v) is 9.18. The number of fused-ring (bicyclic) bond motifs is 1. The third-order valence-electron chi connectivity index (χ3n) is 4.77. The Morgan fingerprint density at radius 1 is 1.25 bits per heavy atom. The Labute approximate surface area is 163 Å². The fraction of sp³-hybridized carbons (Fsp3) is 0.238. The van der Waals surface area contributed by atoms with Gasteiger partial charge in [0.25, 0.3) is 0 Å². The summed E-state index contributed by atoms with van der Waals surface area (Å²) >= 11 is 0. The molecule has 4 rings (SSSR count). The summed E-state index contributed by atoms with van der Waals surface area (Å²) in [6.45, 7) is 4.95. The minimum atomic E-state index is 0.417. The lowest BCUT2D eigenvalue weighted by Crippen LogP contribution is -2.36. The minimum Gasteiger partial charge on any atom is -0.397 e. The Morgan fingerprint density at radius 2 is 2.07 bits per heavy atom. The first kappa shape index (κ1) is 18.1. The van der Waals surface area contributed by atoms with Crippen LogP contribution in [-0.4, -0.2) is 47.5 Å². The van der Waals surface area contributed by atoms with E-state index >= 15 is 0 Å². The molecule has 3 aromatic heterocycles. The predicted octanol–water partition coefficient (Wildman–Crippen LogP) is 2.79. The zero-order valence-electron chi connectivity index (χ0n) is 15.7. The van der Waals surface area contributed by atoms with Crippen LogP contribution in [0.1, 0.15) is 11.3 Å². The van der Waals surface area contributed by atoms with Crippen LogP contribution in [0, 0.1) is 12.3 Å². The zero-order chi connectivity index (χ0) is 19.5. The predicted molar refractivity (Wildman–Crippen MR) is 111 cm³/mol. The van der Waals surface area contributed by atoms with E-state index in [-0.39, 0.29) is 0 Å². The molecule has 4 heterocycles. The van der Waals surface area contributed by atoms with Crippen molar-refractivity contribution in [3.8, 4) is 11.1 Å². The number of morpholine rings is 1. The number of anilines is 1. The van der Waals surface area contributed by atoms with Gasteiger partial charge in [-0.05, 0) is 42.3 Å². The Hall–Kier alpha value is -3.32. The van der Waals surface area contributed by atoms with Crippen molar-refractivity contribution in [1.82, 2.24) is 15.0 Å². The van der Waals surface area contributed by atoms with Gasteiger partial charge in [0.15, 0.2) is 0 Å². The highest BCUT2D eigenvalue weighted by Gasteiger charge is 2.18. The molecule has 0 saturated carbocycles. The second-order valence-corrected chi connectivity index (χ2v) is 6.72. The molecule has 7 nitrogen and oxygen atoms in total. The Morgan fingerprint density at radius 3 is 2.82 bits per heavy atom. The quantitative estimate of drug-likeness (QED) is 0.681. The van der Waals surface area contributed by atoms with Crippen LogP contribution >= 0.6 is 0 Å². The fourth-order valence-corrected chi connectivity index (χ4v) is 3.41. The molecule has 1 fully saturated rings. The van der Waals surface area contributed by atoms with E-state index in [1.165, 1.54) is 6.08 Å². The SMILES string of the molecule is Cc1cncc(-c2cc(N3CCOCC3)nc3c(/C(N)=C/C=N)nccc23)c1. The van der Waals surface area contributed by atoms with E-state index in [1.54, 1.807) is 6.20 Å². The molecule has 1 aliphatic heterocycles. The standard InChI is InChI=1S/C21H22N6O/c1-14-10-15(13-24-12-14)17-11-19(27-6-8-28-9-7-27)26-20-16(17)3-5-25-21(20)18(23)2-4-22/h2-5,10-13,22H,6-9,23H2,1H3/b18-2-,22-4?. The van der Waals surface area contributed by atoms with Crippen LogP contribution in [0.5, 0.6) is 0 Å². The maximum Gasteiger partial charge on any atom is 0.130 e. The Kier molecular flexibility index (Phi) is 4.99. The van der Waals surface area contributed by atoms with Crippen molar-refractivity contribution in [3.63, 3.8) is 0 Å². The molecule has 1 saturated heterocycles. The molecule has 1 aliphatic rings. The highest BCUT2D eigenvalue weighted by Crippen LogP contribution is 2.33. The van der Waals surface area contributed by atoms with Crippen LogP contribution in [0.2, 0.25) is 0 Å². The van der Waals surface area contributed by atoms with Gasteiger partial charge in [0, 0.05) is 48.8 Å². The van der Waals surface area contributed by atoms with Gasteiger partial charge in [-0.1, -0.05) is 0 Å². The molecule has 28 heavy (non-hydrogen) atoms. The highest BCUT2D eigenvalue weighted by atomic mass is 16.5. The number of aryl methyl sites for hydroxylation is 1. The molecule has 0 spiro atoms. The summed E-state index contributed by atoms with van der Waals surface area (Å²) in [5.74, 6) is 0.865. The molecule has 0 atom stereocenters. The lowest BCUT2D eigenvalue weighted by atomic mass is 10.0. The third-order valence-corrected chi connectivity index (χ3v) is 4.77. The van der Waals surface area contributed by atoms with Crippen molar-refractivity contribution in [3.05, 3.63) is 54.1 Å². The normalized spacial score (nSPS) is 15.0. The van der Waals surface area contributed by atoms with Crippen LogP contribution < -0.4 is 10.6 Å². The van der Waals surface area contributed by atoms with Crippen LogP contribution in [0.25, 0.3) is 27.7 Å². The van der Waals surface area contributed by atoms with Gasteiger partial charge < -0.3 is 20.8 Å². The van der Waals surface area contributed by atoms with E-state index in [4.69, 9.17) is 20.9 Å². The average molecular weight is 374 g/mol. The van der Waals surface area contributed by atoms with Crippen molar-refractivity contribution in [2.24, 2.45) is 5.73 Å². The number of hydrogen-bond acceptors (Lipinski definition) is 7. The first-order valence-electron chi connectivity index (χ1n) is 9.18. The number of allylic oxidation sites excluding steroid dienone is 1. The van der Waals surface area contributed by atoms with E-state index in [0.717, 1.165) is 52.7 Å². The van der Waals surface area contributed by atoms with Crippen molar-refractivity contribution in [1.29, 1.82) is 5.41 Å². The fourth-order valence-electron chi connectivity index (χ4n) is 3.41. The molecular weight excluding hydrogens is 352 g/mol. The number of pyridine rings is 3. The lowest BCUT2D eigenvalue weighted by Gasteiger charge is -2.28. The maximum absolute atomic E-state index is 7.33. The second kappa shape index (κ2) is 7.74. The number of hydrogen-bond donors (Lipinski definition) is 2. The maximum atomic E-state index is 7.33. The Bertz CT molecular complexity index is 1060. The lowest BCUT2D eigenvalue weighted by molar-refractivity contribution is 0.122. The van der Waals surface area contributed by atoms with Gasteiger partial charge in [-0.3, -0.25) is 9.97 Å². The number of aromatic nitrogens is 3. The molecule has 142 valence electrons. The number of nitrogens with two attached hydrogens (primary N) is 1. The number of nitrogens with one attached hydrogen (secondary N) is 1. The summed E-state index contributed by atoms with van der Waals surface area (Å²) in [7, 11) is 0. The summed E-state index contributed by atoms with van der Waals surface area (Å²) in [5.41, 5.74) is 11.0. The van der Waals surface area contributed by atoms with Crippen molar-refractivity contribution in [2.45, 2.75) is 6.92 Å². The molecule has 3 aromatic rings. The van der Waals surface area contributed by atoms with Gasteiger partial charge in [0.1, 0.15) is 17.0 Å². The molecule has 3 N–H and O–H groups in total. The average Bonchev–Trinajstić information content (AvgIpc) is 2.73.